The van der Waals surface area contributed by atoms with Crippen molar-refractivity contribution in [3.05, 3.63) is 29.8 Å². The summed E-state index contributed by atoms with van der Waals surface area (Å²) in [5.41, 5.74) is 2.14. The molecule has 1 aromatic rings. The highest BCUT2D eigenvalue weighted by atomic mass is 35.5. The summed E-state index contributed by atoms with van der Waals surface area (Å²) in [6, 6.07) is 8.12. The lowest BCUT2D eigenvalue weighted by atomic mass is 10.2. The zero-order chi connectivity index (χ0) is 14.9. The van der Waals surface area contributed by atoms with Gasteiger partial charge in [-0.25, -0.2) is 0 Å². The Bertz CT molecular complexity index is 437. The molecule has 2 N–H and O–H groups in total. The Hall–Kier alpha value is -0.850. The summed E-state index contributed by atoms with van der Waals surface area (Å²) in [5, 5.41) is 5.97. The maximum Gasteiger partial charge on any atom is 0.224 e. The second kappa shape index (κ2) is 12.6. The van der Waals surface area contributed by atoms with Gasteiger partial charge in [-0.2, -0.15) is 0 Å². The van der Waals surface area contributed by atoms with Crippen LogP contribution < -0.4 is 10.6 Å². The maximum atomic E-state index is 11.7. The zero-order valence-electron chi connectivity index (χ0n) is 13.5. The van der Waals surface area contributed by atoms with Crippen molar-refractivity contribution in [1.29, 1.82) is 0 Å². The van der Waals surface area contributed by atoms with Crippen LogP contribution in [0, 0.1) is 0 Å². The molecule has 0 aromatic heterocycles. The highest BCUT2D eigenvalue weighted by Crippen LogP contribution is 2.13. The first-order valence-electron chi connectivity index (χ1n) is 7.61. The van der Waals surface area contributed by atoms with E-state index in [1.54, 1.807) is 0 Å². The van der Waals surface area contributed by atoms with Gasteiger partial charge >= 0.3 is 0 Å². The predicted molar refractivity (Wildman–Crippen MR) is 98.8 cm³/mol. The van der Waals surface area contributed by atoms with E-state index in [-0.39, 0.29) is 30.7 Å². The van der Waals surface area contributed by atoms with Crippen molar-refractivity contribution in [1.82, 2.24) is 10.2 Å². The minimum atomic E-state index is 0. The van der Waals surface area contributed by atoms with Gasteiger partial charge in [-0.3, -0.25) is 9.69 Å². The standard InChI is InChI=1S/C16H25N3O2.2ClH/c1-17-8-2-3-16(20)18-15-6-4-14(5-7-15)13-19-9-11-21-12-10-19;;/h4-7,17H,2-3,8-13H2,1H3,(H,18,20);2*1H. The lowest BCUT2D eigenvalue weighted by molar-refractivity contribution is -0.116. The van der Waals surface area contributed by atoms with Gasteiger partial charge in [-0.1, -0.05) is 12.1 Å². The van der Waals surface area contributed by atoms with Crippen molar-refractivity contribution in [2.45, 2.75) is 19.4 Å². The van der Waals surface area contributed by atoms with Crippen LogP contribution in [0.4, 0.5) is 5.69 Å². The van der Waals surface area contributed by atoms with E-state index >= 15 is 0 Å². The molecule has 132 valence electrons. The number of carbonyl (C=O) groups is 1. The molecular weight excluding hydrogens is 337 g/mol. The number of nitrogens with one attached hydrogen (secondary N) is 2. The van der Waals surface area contributed by atoms with Crippen molar-refractivity contribution >= 4 is 36.4 Å². The fourth-order valence-electron chi connectivity index (χ4n) is 2.36. The number of benzene rings is 1. The van der Waals surface area contributed by atoms with Crippen LogP contribution in [0.1, 0.15) is 18.4 Å². The third kappa shape index (κ3) is 8.53. The molecule has 0 atom stereocenters. The lowest BCUT2D eigenvalue weighted by Crippen LogP contribution is -2.35. The number of hydrogen-bond acceptors (Lipinski definition) is 4. The Balaban J connectivity index is 0.00000242. The van der Waals surface area contributed by atoms with Crippen molar-refractivity contribution in [2.75, 3.05) is 45.2 Å². The fourth-order valence-corrected chi connectivity index (χ4v) is 2.36. The molecule has 1 heterocycles. The van der Waals surface area contributed by atoms with Crippen LogP contribution in [0.5, 0.6) is 0 Å². The Morgan fingerprint density at radius 3 is 2.43 bits per heavy atom. The molecule has 1 aromatic carbocycles. The lowest BCUT2D eigenvalue weighted by Gasteiger charge is -2.26. The van der Waals surface area contributed by atoms with Crippen molar-refractivity contribution in [3.8, 4) is 0 Å². The van der Waals surface area contributed by atoms with E-state index in [1.165, 1.54) is 5.56 Å². The number of amides is 1. The SMILES string of the molecule is CNCCCC(=O)Nc1ccc(CN2CCOCC2)cc1.Cl.Cl. The first-order valence-corrected chi connectivity index (χ1v) is 7.61. The Morgan fingerprint density at radius 1 is 1.17 bits per heavy atom. The Morgan fingerprint density at radius 2 is 1.83 bits per heavy atom. The highest BCUT2D eigenvalue weighted by molar-refractivity contribution is 5.90. The predicted octanol–water partition coefficient (Wildman–Crippen LogP) is 2.30. The Labute approximate surface area is 151 Å². The smallest absolute Gasteiger partial charge is 0.224 e. The number of morpholine rings is 1. The van der Waals surface area contributed by atoms with Crippen molar-refractivity contribution in [3.63, 3.8) is 0 Å². The summed E-state index contributed by atoms with van der Waals surface area (Å²) in [6.45, 7) is 5.43. The van der Waals surface area contributed by atoms with Crippen LogP contribution >= 0.6 is 24.8 Å². The molecule has 2 rings (SSSR count). The largest absolute Gasteiger partial charge is 0.379 e. The van der Waals surface area contributed by atoms with E-state index < -0.39 is 0 Å². The van der Waals surface area contributed by atoms with Crippen LogP contribution in [-0.4, -0.2) is 50.7 Å². The average Bonchev–Trinajstić information content (AvgIpc) is 2.51. The summed E-state index contributed by atoms with van der Waals surface area (Å²) in [4.78, 5) is 14.1. The summed E-state index contributed by atoms with van der Waals surface area (Å²) in [7, 11) is 1.89. The van der Waals surface area contributed by atoms with Crippen LogP contribution in [0.25, 0.3) is 0 Å². The van der Waals surface area contributed by atoms with Crippen molar-refractivity contribution < 1.29 is 9.53 Å². The molecule has 23 heavy (non-hydrogen) atoms. The fraction of sp³-hybridized carbons (Fsp3) is 0.562. The molecule has 0 unspecified atom stereocenters. The number of hydrogen-bond donors (Lipinski definition) is 2. The molecule has 0 saturated carbocycles. The number of carbonyl (C=O) groups excluding carboxylic acids is 1. The van der Waals surface area contributed by atoms with Gasteiger partial charge in [0.1, 0.15) is 0 Å². The molecular formula is C16H27Cl2N3O2. The molecule has 1 saturated heterocycles. The third-order valence-corrected chi connectivity index (χ3v) is 3.58. The van der Waals surface area contributed by atoms with E-state index in [2.05, 4.69) is 27.7 Å². The number of rotatable bonds is 7. The molecule has 1 aliphatic heterocycles. The van der Waals surface area contributed by atoms with E-state index in [4.69, 9.17) is 4.74 Å². The molecule has 1 amide bonds. The topological polar surface area (TPSA) is 53.6 Å². The molecule has 0 aliphatic carbocycles. The first-order chi connectivity index (χ1) is 10.3. The minimum Gasteiger partial charge on any atom is -0.379 e. The molecule has 1 fully saturated rings. The number of ether oxygens (including phenoxy) is 1. The monoisotopic (exact) mass is 363 g/mol. The summed E-state index contributed by atoms with van der Waals surface area (Å²) in [5.74, 6) is 0.0752. The van der Waals surface area contributed by atoms with Crippen LogP contribution in [0.2, 0.25) is 0 Å². The van der Waals surface area contributed by atoms with Gasteiger partial charge in [0.15, 0.2) is 0 Å². The number of halogens is 2. The molecule has 0 radical (unpaired) electrons. The second-order valence-corrected chi connectivity index (χ2v) is 5.34. The van der Waals surface area contributed by atoms with Gasteiger partial charge in [-0.15, -0.1) is 24.8 Å². The highest BCUT2D eigenvalue weighted by Gasteiger charge is 2.10. The number of nitrogens with zero attached hydrogens (tertiary/aromatic N) is 1. The maximum absolute atomic E-state index is 11.7. The zero-order valence-corrected chi connectivity index (χ0v) is 15.2. The normalized spacial score (nSPS) is 14.5. The molecule has 1 aliphatic rings. The quantitative estimate of drug-likeness (QED) is 0.729. The van der Waals surface area contributed by atoms with E-state index in [9.17, 15) is 4.79 Å². The van der Waals surface area contributed by atoms with Gasteiger partial charge in [0.05, 0.1) is 13.2 Å². The van der Waals surface area contributed by atoms with E-state index in [0.29, 0.717) is 6.42 Å². The second-order valence-electron chi connectivity index (χ2n) is 5.34. The molecule has 0 bridgehead atoms. The number of anilines is 1. The van der Waals surface area contributed by atoms with E-state index in [0.717, 1.165) is 51.5 Å². The van der Waals surface area contributed by atoms with Crippen molar-refractivity contribution in [2.24, 2.45) is 0 Å². The molecule has 5 nitrogen and oxygen atoms in total. The Kier molecular flexibility index (Phi) is 12.1. The van der Waals surface area contributed by atoms with E-state index in [1.807, 2.05) is 19.2 Å². The average molecular weight is 364 g/mol. The summed E-state index contributed by atoms with van der Waals surface area (Å²) >= 11 is 0. The molecule has 0 spiro atoms. The van der Waals surface area contributed by atoms with Crippen LogP contribution in [-0.2, 0) is 16.1 Å². The van der Waals surface area contributed by atoms with Gasteiger partial charge in [0.2, 0.25) is 5.91 Å². The van der Waals surface area contributed by atoms with Gasteiger partial charge in [0, 0.05) is 31.7 Å². The third-order valence-electron chi connectivity index (χ3n) is 3.58. The minimum absolute atomic E-state index is 0. The van der Waals surface area contributed by atoms with Crippen LogP contribution in [0.3, 0.4) is 0 Å². The van der Waals surface area contributed by atoms with Gasteiger partial charge in [-0.05, 0) is 37.7 Å². The summed E-state index contributed by atoms with van der Waals surface area (Å²) in [6.07, 6.45) is 1.41. The first kappa shape index (κ1) is 22.1. The summed E-state index contributed by atoms with van der Waals surface area (Å²) < 4.78 is 5.35. The van der Waals surface area contributed by atoms with Gasteiger partial charge < -0.3 is 15.4 Å². The molecule has 7 heteroatoms. The van der Waals surface area contributed by atoms with Crippen LogP contribution in [0.15, 0.2) is 24.3 Å². The van der Waals surface area contributed by atoms with Gasteiger partial charge in [0.25, 0.3) is 0 Å².